The number of piperidine rings is 1. The van der Waals surface area contributed by atoms with Crippen molar-refractivity contribution in [2.45, 2.75) is 50.4 Å². The van der Waals surface area contributed by atoms with E-state index < -0.39 is 12.7 Å². The van der Waals surface area contributed by atoms with Gasteiger partial charge in [-0.05, 0) is 31.6 Å². The van der Waals surface area contributed by atoms with Crippen LogP contribution < -0.4 is 5.32 Å². The summed E-state index contributed by atoms with van der Waals surface area (Å²) < 4.78 is 37.1. The number of alkyl halides is 3. The number of carbonyl (C=O) groups is 1. The minimum Gasteiger partial charge on any atom is -0.340 e. The first-order chi connectivity index (χ1) is 10.4. The van der Waals surface area contributed by atoms with E-state index in [2.05, 4.69) is 5.32 Å². The third-order valence-electron chi connectivity index (χ3n) is 5.16. The molecule has 9 heteroatoms. The zero-order valence-electron chi connectivity index (χ0n) is 13.6. The number of fused-ring (bicyclic) bond motifs is 2. The van der Waals surface area contributed by atoms with Crippen LogP contribution in [0.1, 0.15) is 32.1 Å². The van der Waals surface area contributed by atoms with Crippen molar-refractivity contribution in [1.29, 1.82) is 0 Å². The Kier molecular flexibility index (Phi) is 8.10. The molecule has 0 aliphatic carbocycles. The van der Waals surface area contributed by atoms with Crippen LogP contribution in [-0.4, -0.2) is 66.7 Å². The third kappa shape index (κ3) is 5.93. The minimum absolute atomic E-state index is 0. The highest BCUT2D eigenvalue weighted by Gasteiger charge is 2.36. The molecule has 2 atom stereocenters. The monoisotopic (exact) mass is 391 g/mol. The highest BCUT2D eigenvalue weighted by atomic mass is 35.5. The molecule has 2 unspecified atom stereocenters. The highest BCUT2D eigenvalue weighted by Crippen LogP contribution is 2.33. The number of rotatable bonds is 3. The molecule has 142 valence electrons. The number of hydrogen-bond donors (Lipinski definition) is 1. The van der Waals surface area contributed by atoms with Crippen molar-refractivity contribution in [3.63, 3.8) is 0 Å². The number of nitrogens with one attached hydrogen (secondary N) is 1. The van der Waals surface area contributed by atoms with Crippen LogP contribution in [0.2, 0.25) is 0 Å². The van der Waals surface area contributed by atoms with Crippen LogP contribution in [-0.2, 0) is 4.79 Å². The molecule has 0 aromatic rings. The second-order valence-electron chi connectivity index (χ2n) is 6.95. The summed E-state index contributed by atoms with van der Waals surface area (Å²) in [6, 6.07) is 1.14. The summed E-state index contributed by atoms with van der Waals surface area (Å²) in [4.78, 5) is 15.5. The fourth-order valence-corrected chi connectivity index (χ4v) is 4.13. The minimum atomic E-state index is -4.15. The Hall–Kier alpha value is -0.240. The Bertz CT molecular complexity index is 405. The summed E-state index contributed by atoms with van der Waals surface area (Å²) in [6.45, 7) is 0.623. The molecule has 1 N–H and O–H groups in total. The quantitative estimate of drug-likeness (QED) is 0.802. The SMILES string of the molecule is Cl.Cl.O=C(CC1CC2CCC(C1)N2)N1CCN(CC(F)(F)F)CC1. The first-order valence-corrected chi connectivity index (χ1v) is 8.22. The molecule has 0 radical (unpaired) electrons. The first-order valence-electron chi connectivity index (χ1n) is 8.22. The number of carbonyl (C=O) groups excluding carboxylic acids is 1. The summed E-state index contributed by atoms with van der Waals surface area (Å²) in [5.41, 5.74) is 0. The van der Waals surface area contributed by atoms with Crippen molar-refractivity contribution >= 4 is 30.7 Å². The second-order valence-corrected chi connectivity index (χ2v) is 6.95. The normalized spacial score (nSPS) is 30.5. The summed E-state index contributed by atoms with van der Waals surface area (Å²) in [7, 11) is 0. The third-order valence-corrected chi connectivity index (χ3v) is 5.16. The zero-order valence-corrected chi connectivity index (χ0v) is 15.2. The predicted molar refractivity (Wildman–Crippen MR) is 90.9 cm³/mol. The Labute approximate surface area is 153 Å². The number of nitrogens with zero attached hydrogens (tertiary/aromatic N) is 2. The van der Waals surface area contributed by atoms with Gasteiger partial charge in [-0.3, -0.25) is 9.69 Å². The maximum atomic E-state index is 12.4. The smallest absolute Gasteiger partial charge is 0.340 e. The van der Waals surface area contributed by atoms with Gasteiger partial charge in [-0.15, -0.1) is 24.8 Å². The van der Waals surface area contributed by atoms with Gasteiger partial charge in [0.1, 0.15) is 0 Å². The molecule has 0 saturated carbocycles. The van der Waals surface area contributed by atoms with Gasteiger partial charge in [0.25, 0.3) is 0 Å². The average molecular weight is 392 g/mol. The van der Waals surface area contributed by atoms with E-state index in [0.29, 0.717) is 50.6 Å². The Morgan fingerprint density at radius 2 is 1.54 bits per heavy atom. The number of hydrogen-bond acceptors (Lipinski definition) is 3. The van der Waals surface area contributed by atoms with Crippen molar-refractivity contribution < 1.29 is 18.0 Å². The molecule has 0 aromatic carbocycles. The van der Waals surface area contributed by atoms with Gasteiger partial charge in [0.15, 0.2) is 0 Å². The maximum absolute atomic E-state index is 12.4. The molecule has 1 amide bonds. The lowest BCUT2D eigenvalue weighted by molar-refractivity contribution is -0.152. The molecule has 3 fully saturated rings. The maximum Gasteiger partial charge on any atom is 0.401 e. The van der Waals surface area contributed by atoms with Crippen LogP contribution in [0.3, 0.4) is 0 Å². The van der Waals surface area contributed by atoms with Gasteiger partial charge < -0.3 is 10.2 Å². The highest BCUT2D eigenvalue weighted by molar-refractivity contribution is 5.85. The molecule has 4 nitrogen and oxygen atoms in total. The number of piperazine rings is 1. The van der Waals surface area contributed by atoms with Crippen LogP contribution in [0.25, 0.3) is 0 Å². The summed E-state index contributed by atoms with van der Waals surface area (Å²) >= 11 is 0. The Balaban J connectivity index is 0.00000144. The van der Waals surface area contributed by atoms with E-state index in [1.165, 1.54) is 17.7 Å². The van der Waals surface area contributed by atoms with E-state index in [-0.39, 0.29) is 30.7 Å². The molecule has 0 spiro atoms. The summed E-state index contributed by atoms with van der Waals surface area (Å²) in [5, 5.41) is 3.56. The van der Waals surface area contributed by atoms with Crippen LogP contribution in [0.15, 0.2) is 0 Å². The topological polar surface area (TPSA) is 35.6 Å². The standard InChI is InChI=1S/C15H24F3N3O.2ClH/c16-15(17,18)10-20-3-5-21(6-4-20)14(22)9-11-7-12-1-2-13(8-11)19-12;;/h11-13,19H,1-10H2;2*1H. The van der Waals surface area contributed by atoms with Crippen LogP contribution in [0.4, 0.5) is 13.2 Å². The number of halogens is 5. The van der Waals surface area contributed by atoms with E-state index in [1.807, 2.05) is 0 Å². The van der Waals surface area contributed by atoms with Crippen molar-refractivity contribution in [3.05, 3.63) is 0 Å². The van der Waals surface area contributed by atoms with Gasteiger partial charge in [-0.2, -0.15) is 13.2 Å². The second kappa shape index (κ2) is 8.92. The fourth-order valence-electron chi connectivity index (χ4n) is 4.13. The van der Waals surface area contributed by atoms with Crippen LogP contribution in [0, 0.1) is 5.92 Å². The molecule has 24 heavy (non-hydrogen) atoms. The van der Waals surface area contributed by atoms with E-state index in [4.69, 9.17) is 0 Å². The molecule has 3 aliphatic heterocycles. The molecule has 2 bridgehead atoms. The average Bonchev–Trinajstić information content (AvgIpc) is 2.77. The Morgan fingerprint density at radius 3 is 2.04 bits per heavy atom. The van der Waals surface area contributed by atoms with E-state index in [9.17, 15) is 18.0 Å². The molecule has 3 rings (SSSR count). The molecular formula is C15H26Cl2F3N3O. The molecule has 0 aromatic heterocycles. The molecule has 3 saturated heterocycles. The first kappa shape index (κ1) is 21.8. The predicted octanol–water partition coefficient (Wildman–Crippen LogP) is 2.46. The van der Waals surface area contributed by atoms with Gasteiger partial charge in [0.2, 0.25) is 5.91 Å². The fraction of sp³-hybridized carbons (Fsp3) is 0.933. The van der Waals surface area contributed by atoms with Gasteiger partial charge in [0.05, 0.1) is 6.54 Å². The van der Waals surface area contributed by atoms with E-state index in [0.717, 1.165) is 12.8 Å². The summed E-state index contributed by atoms with van der Waals surface area (Å²) in [5.74, 6) is 0.567. The van der Waals surface area contributed by atoms with Gasteiger partial charge in [-0.25, -0.2) is 0 Å². The number of amides is 1. The van der Waals surface area contributed by atoms with Gasteiger partial charge >= 0.3 is 6.18 Å². The molecular weight excluding hydrogens is 366 g/mol. The van der Waals surface area contributed by atoms with E-state index >= 15 is 0 Å². The van der Waals surface area contributed by atoms with Crippen molar-refractivity contribution in [1.82, 2.24) is 15.1 Å². The lowest BCUT2D eigenvalue weighted by Gasteiger charge is -2.36. The lowest BCUT2D eigenvalue weighted by atomic mass is 9.89. The van der Waals surface area contributed by atoms with E-state index in [1.54, 1.807) is 4.90 Å². The Morgan fingerprint density at radius 1 is 1.00 bits per heavy atom. The lowest BCUT2D eigenvalue weighted by Crippen LogP contribution is -2.51. The van der Waals surface area contributed by atoms with Gasteiger partial charge in [-0.1, -0.05) is 0 Å². The molecule has 3 heterocycles. The van der Waals surface area contributed by atoms with Crippen molar-refractivity contribution in [3.8, 4) is 0 Å². The van der Waals surface area contributed by atoms with Crippen molar-refractivity contribution in [2.75, 3.05) is 32.7 Å². The molecule has 3 aliphatic rings. The largest absolute Gasteiger partial charge is 0.401 e. The van der Waals surface area contributed by atoms with Gasteiger partial charge in [0, 0.05) is 44.7 Å². The van der Waals surface area contributed by atoms with Crippen LogP contribution in [0.5, 0.6) is 0 Å². The van der Waals surface area contributed by atoms with Crippen LogP contribution >= 0.6 is 24.8 Å². The zero-order chi connectivity index (χ0) is 15.7. The van der Waals surface area contributed by atoms with Crippen molar-refractivity contribution in [2.24, 2.45) is 5.92 Å². The summed E-state index contributed by atoms with van der Waals surface area (Å²) in [6.07, 6.45) is 0.970.